The fourth-order valence-electron chi connectivity index (χ4n) is 4.77. The van der Waals surface area contributed by atoms with E-state index in [1.54, 1.807) is 20.4 Å². The number of fused-ring (bicyclic) bond motifs is 6. The summed E-state index contributed by atoms with van der Waals surface area (Å²) in [5.74, 6) is 0.638. The zero-order valence-electron chi connectivity index (χ0n) is 19.3. The van der Waals surface area contributed by atoms with Crippen LogP contribution >= 0.6 is 0 Å². The van der Waals surface area contributed by atoms with Crippen LogP contribution in [0.2, 0.25) is 0 Å². The first-order valence-corrected chi connectivity index (χ1v) is 10.8. The first-order chi connectivity index (χ1) is 15.3. The van der Waals surface area contributed by atoms with E-state index in [1.807, 2.05) is 16.8 Å². The predicted molar refractivity (Wildman–Crippen MR) is 120 cm³/mol. The minimum absolute atomic E-state index is 0.0196. The van der Waals surface area contributed by atoms with Gasteiger partial charge in [-0.3, -0.25) is 14.5 Å². The van der Waals surface area contributed by atoms with Gasteiger partial charge in [0, 0.05) is 38.0 Å². The molecule has 0 aliphatic carbocycles. The molecule has 0 N–H and O–H groups in total. The lowest BCUT2D eigenvalue weighted by Gasteiger charge is -2.44. The van der Waals surface area contributed by atoms with Gasteiger partial charge >= 0.3 is 5.97 Å². The minimum atomic E-state index is -0.637. The third-order valence-electron chi connectivity index (χ3n) is 6.34. The second kappa shape index (κ2) is 8.50. The van der Waals surface area contributed by atoms with Gasteiger partial charge in [-0.25, -0.2) is 4.79 Å². The second-order valence-electron chi connectivity index (χ2n) is 8.77. The van der Waals surface area contributed by atoms with Gasteiger partial charge in [0.25, 0.3) is 0 Å². The van der Waals surface area contributed by atoms with Crippen molar-refractivity contribution in [2.45, 2.75) is 44.7 Å². The van der Waals surface area contributed by atoms with Crippen molar-refractivity contribution in [3.05, 3.63) is 45.7 Å². The van der Waals surface area contributed by atoms with E-state index >= 15 is 0 Å². The number of benzene rings is 1. The van der Waals surface area contributed by atoms with Gasteiger partial charge in [-0.15, -0.1) is 0 Å². The fraction of sp³-hybridized carbons (Fsp3) is 0.500. The molecule has 1 aromatic carbocycles. The zero-order valence-corrected chi connectivity index (χ0v) is 19.3. The molecule has 1 aromatic heterocycles. The summed E-state index contributed by atoms with van der Waals surface area (Å²) in [5.41, 5.74) is 2.18. The van der Waals surface area contributed by atoms with Gasteiger partial charge in [0.15, 0.2) is 16.9 Å². The summed E-state index contributed by atoms with van der Waals surface area (Å²) < 4.78 is 23.5. The molecule has 0 saturated carbocycles. The van der Waals surface area contributed by atoms with Crippen LogP contribution in [0.1, 0.15) is 55.1 Å². The summed E-state index contributed by atoms with van der Waals surface area (Å²) in [6.45, 7) is 5.48. The normalized spacial score (nSPS) is 17.9. The molecule has 2 aliphatic rings. The quantitative estimate of drug-likeness (QED) is 0.481. The first kappa shape index (κ1) is 22.2. The molecule has 3 heterocycles. The van der Waals surface area contributed by atoms with Gasteiger partial charge in [-0.05, 0) is 44.4 Å². The zero-order chi connectivity index (χ0) is 23.0. The number of rotatable bonds is 7. The molecular weight excluding hydrogens is 412 g/mol. The Balaban J connectivity index is 1.88. The Morgan fingerprint density at radius 2 is 1.91 bits per heavy atom. The maximum Gasteiger partial charge on any atom is 0.343 e. The maximum atomic E-state index is 12.8. The molecule has 1 atom stereocenters. The van der Waals surface area contributed by atoms with Crippen molar-refractivity contribution >= 4 is 5.97 Å². The van der Waals surface area contributed by atoms with Crippen LogP contribution in [-0.2, 0) is 9.47 Å². The molecule has 1 fully saturated rings. The molecule has 32 heavy (non-hydrogen) atoms. The van der Waals surface area contributed by atoms with Crippen molar-refractivity contribution in [1.82, 2.24) is 4.68 Å². The Morgan fingerprint density at radius 1 is 1.12 bits per heavy atom. The van der Waals surface area contributed by atoms with E-state index in [-0.39, 0.29) is 22.6 Å². The van der Waals surface area contributed by atoms with E-state index in [2.05, 4.69) is 18.9 Å². The predicted octanol–water partition coefficient (Wildman–Crippen LogP) is 3.29. The number of hydrogen-bond donors (Lipinski definition) is 0. The number of carbonyl (C=O) groups is 1. The van der Waals surface area contributed by atoms with Crippen LogP contribution in [-0.4, -0.2) is 50.7 Å². The largest absolute Gasteiger partial charge is 0.493 e. The lowest BCUT2D eigenvalue weighted by molar-refractivity contribution is 0.0598. The molecule has 0 amide bonds. The molecule has 0 bridgehead atoms. The van der Waals surface area contributed by atoms with E-state index in [0.717, 1.165) is 30.4 Å². The maximum absolute atomic E-state index is 12.8. The van der Waals surface area contributed by atoms with Crippen LogP contribution in [0.5, 0.6) is 11.5 Å². The Labute approximate surface area is 187 Å². The van der Waals surface area contributed by atoms with Crippen LogP contribution in [0.4, 0.5) is 0 Å². The number of hydrogen-bond acceptors (Lipinski definition) is 7. The van der Waals surface area contributed by atoms with Crippen molar-refractivity contribution in [3.8, 4) is 22.8 Å². The smallest absolute Gasteiger partial charge is 0.343 e. The third kappa shape index (κ3) is 3.62. The van der Waals surface area contributed by atoms with E-state index in [1.165, 1.54) is 13.2 Å². The van der Waals surface area contributed by atoms with Gasteiger partial charge in [0.05, 0.1) is 38.1 Å². The monoisotopic (exact) mass is 442 g/mol. The highest BCUT2D eigenvalue weighted by molar-refractivity contribution is 5.89. The molecule has 0 spiro atoms. The topological polar surface area (TPSA) is 79.2 Å². The summed E-state index contributed by atoms with van der Waals surface area (Å²) in [6, 6.07) is 5.54. The highest BCUT2D eigenvalue weighted by Crippen LogP contribution is 2.50. The standard InChI is InChI=1S/C24H30N2O6/c1-24(2)8-7-18-15-12-22(32-10-6-9-29-3)21(30-4)11-16(15)19-13-20(27)17(23(28)31-5)14-25(19)26(18)24/h11-14,18H,6-10H2,1-5H3/t18-/m1/s1. The van der Waals surface area contributed by atoms with Gasteiger partial charge in [0.1, 0.15) is 5.56 Å². The second-order valence-corrected chi connectivity index (χ2v) is 8.77. The number of aromatic nitrogens is 1. The van der Waals surface area contributed by atoms with Gasteiger partial charge in [-0.2, -0.15) is 0 Å². The molecule has 0 radical (unpaired) electrons. The molecule has 2 aliphatic heterocycles. The Hall–Kier alpha value is -3.00. The summed E-state index contributed by atoms with van der Waals surface area (Å²) >= 11 is 0. The van der Waals surface area contributed by atoms with Crippen molar-refractivity contribution < 1.29 is 23.7 Å². The van der Waals surface area contributed by atoms with E-state index in [9.17, 15) is 9.59 Å². The Bertz CT molecular complexity index is 1090. The van der Waals surface area contributed by atoms with E-state index < -0.39 is 5.97 Å². The van der Waals surface area contributed by atoms with Crippen LogP contribution in [0.15, 0.2) is 29.2 Å². The molecule has 2 aromatic rings. The average molecular weight is 443 g/mol. The lowest BCUT2D eigenvalue weighted by atomic mass is 9.93. The fourth-order valence-corrected chi connectivity index (χ4v) is 4.77. The van der Waals surface area contributed by atoms with Gasteiger partial charge in [0.2, 0.25) is 0 Å². The van der Waals surface area contributed by atoms with Crippen LogP contribution in [0.25, 0.3) is 11.3 Å². The highest BCUT2D eigenvalue weighted by Gasteiger charge is 2.45. The number of carbonyl (C=O) groups excluding carboxylic acids is 1. The van der Waals surface area contributed by atoms with Crippen molar-refractivity contribution in [2.75, 3.05) is 39.6 Å². The number of nitrogens with zero attached hydrogens (tertiary/aromatic N) is 2. The molecular formula is C24H30N2O6. The van der Waals surface area contributed by atoms with Crippen molar-refractivity contribution in [1.29, 1.82) is 0 Å². The molecule has 8 heteroatoms. The first-order valence-electron chi connectivity index (χ1n) is 10.8. The summed E-state index contributed by atoms with van der Waals surface area (Å²) in [7, 11) is 4.55. The van der Waals surface area contributed by atoms with E-state index in [4.69, 9.17) is 18.9 Å². The molecule has 4 rings (SSSR count). The number of esters is 1. The summed E-state index contributed by atoms with van der Waals surface area (Å²) in [5, 5.41) is 2.25. The van der Waals surface area contributed by atoms with Crippen molar-refractivity contribution in [3.63, 3.8) is 0 Å². The van der Waals surface area contributed by atoms with Crippen LogP contribution < -0.4 is 19.9 Å². The number of ether oxygens (including phenoxy) is 4. The average Bonchev–Trinajstić information content (AvgIpc) is 3.10. The SMILES string of the molecule is COCCCOc1cc2c(cc1OC)-c1cc(=O)c(C(=O)OC)cn1N1[C@@H]2CCC1(C)C. The lowest BCUT2D eigenvalue weighted by Crippen LogP contribution is -2.50. The number of pyridine rings is 1. The van der Waals surface area contributed by atoms with Crippen LogP contribution in [0.3, 0.4) is 0 Å². The van der Waals surface area contributed by atoms with Crippen molar-refractivity contribution in [2.24, 2.45) is 0 Å². The third-order valence-corrected chi connectivity index (χ3v) is 6.34. The molecule has 1 saturated heterocycles. The summed E-state index contributed by atoms with van der Waals surface area (Å²) in [4.78, 5) is 25.0. The number of methoxy groups -OCH3 is 3. The summed E-state index contributed by atoms with van der Waals surface area (Å²) in [6.07, 6.45) is 4.28. The Kier molecular flexibility index (Phi) is 5.90. The Morgan fingerprint density at radius 3 is 2.59 bits per heavy atom. The molecule has 8 nitrogen and oxygen atoms in total. The molecule has 0 unspecified atom stereocenters. The van der Waals surface area contributed by atoms with Gasteiger partial charge < -0.3 is 18.9 Å². The molecule has 172 valence electrons. The van der Waals surface area contributed by atoms with E-state index in [0.29, 0.717) is 30.4 Å². The van der Waals surface area contributed by atoms with Crippen LogP contribution in [0, 0.1) is 0 Å². The van der Waals surface area contributed by atoms with Gasteiger partial charge in [-0.1, -0.05) is 0 Å². The minimum Gasteiger partial charge on any atom is -0.493 e. The highest BCUT2D eigenvalue weighted by atomic mass is 16.5.